The van der Waals surface area contributed by atoms with Crippen LogP contribution in [0.1, 0.15) is 19.2 Å². The standard InChI is InChI=1S/C14H26N4O3/c1-5-6-15-12-7-14(17-13(16-12)10-21-4)18(2)8-11(19)9-20-3/h7,11,19H,5-6,8-10H2,1-4H3,(H,15,16,17). The maximum atomic E-state index is 9.81. The third kappa shape index (κ3) is 6.24. The molecule has 0 saturated carbocycles. The molecule has 0 spiro atoms. The van der Waals surface area contributed by atoms with Crippen molar-refractivity contribution in [3.05, 3.63) is 11.9 Å². The number of anilines is 2. The zero-order chi connectivity index (χ0) is 15.7. The highest BCUT2D eigenvalue weighted by atomic mass is 16.5. The Morgan fingerprint density at radius 1 is 1.33 bits per heavy atom. The first kappa shape index (κ1) is 17.6. The van der Waals surface area contributed by atoms with Crippen molar-refractivity contribution in [3.63, 3.8) is 0 Å². The fourth-order valence-electron chi connectivity index (χ4n) is 1.87. The number of aliphatic hydroxyl groups is 1. The molecule has 0 aliphatic carbocycles. The van der Waals surface area contributed by atoms with Crippen LogP contribution < -0.4 is 10.2 Å². The second kappa shape index (κ2) is 9.49. The van der Waals surface area contributed by atoms with Crippen LogP contribution in [0.2, 0.25) is 0 Å². The molecule has 0 aliphatic rings. The predicted molar refractivity (Wildman–Crippen MR) is 82.7 cm³/mol. The van der Waals surface area contributed by atoms with Gasteiger partial charge >= 0.3 is 0 Å². The van der Waals surface area contributed by atoms with E-state index >= 15 is 0 Å². The van der Waals surface area contributed by atoms with Gasteiger partial charge in [-0.05, 0) is 6.42 Å². The second-order valence-corrected chi connectivity index (χ2v) is 4.88. The maximum absolute atomic E-state index is 9.81. The third-order valence-corrected chi connectivity index (χ3v) is 2.82. The van der Waals surface area contributed by atoms with E-state index in [1.54, 1.807) is 14.2 Å². The maximum Gasteiger partial charge on any atom is 0.158 e. The van der Waals surface area contributed by atoms with Crippen molar-refractivity contribution in [3.8, 4) is 0 Å². The normalized spacial score (nSPS) is 12.2. The molecular formula is C14H26N4O3. The largest absolute Gasteiger partial charge is 0.389 e. The van der Waals surface area contributed by atoms with E-state index < -0.39 is 6.10 Å². The molecule has 0 saturated heterocycles. The number of rotatable bonds is 10. The van der Waals surface area contributed by atoms with Crippen LogP contribution in [-0.4, -0.2) is 62.1 Å². The van der Waals surface area contributed by atoms with Gasteiger partial charge in [-0.25, -0.2) is 9.97 Å². The molecule has 7 heteroatoms. The van der Waals surface area contributed by atoms with E-state index in [4.69, 9.17) is 9.47 Å². The van der Waals surface area contributed by atoms with E-state index in [0.717, 1.165) is 24.6 Å². The smallest absolute Gasteiger partial charge is 0.158 e. The van der Waals surface area contributed by atoms with Gasteiger partial charge in [0.15, 0.2) is 5.82 Å². The number of hydrogen-bond donors (Lipinski definition) is 2. The molecule has 7 nitrogen and oxygen atoms in total. The van der Waals surface area contributed by atoms with Gasteiger partial charge in [0, 0.05) is 40.4 Å². The van der Waals surface area contributed by atoms with Crippen molar-refractivity contribution in [2.45, 2.75) is 26.1 Å². The fourth-order valence-corrected chi connectivity index (χ4v) is 1.87. The summed E-state index contributed by atoms with van der Waals surface area (Å²) in [4.78, 5) is 10.7. The molecule has 1 heterocycles. The summed E-state index contributed by atoms with van der Waals surface area (Å²) in [7, 11) is 5.06. The van der Waals surface area contributed by atoms with E-state index in [-0.39, 0.29) is 0 Å². The minimum atomic E-state index is -0.562. The topological polar surface area (TPSA) is 79.7 Å². The van der Waals surface area contributed by atoms with Gasteiger partial charge < -0.3 is 24.8 Å². The summed E-state index contributed by atoms with van der Waals surface area (Å²) < 4.78 is 10.0. The van der Waals surface area contributed by atoms with Gasteiger partial charge in [-0.15, -0.1) is 0 Å². The van der Waals surface area contributed by atoms with E-state index in [9.17, 15) is 5.11 Å². The van der Waals surface area contributed by atoms with Crippen LogP contribution in [0.4, 0.5) is 11.6 Å². The molecule has 0 aliphatic heterocycles. The van der Waals surface area contributed by atoms with Gasteiger partial charge in [0.2, 0.25) is 0 Å². The van der Waals surface area contributed by atoms with Gasteiger partial charge in [0.25, 0.3) is 0 Å². The number of ether oxygens (including phenoxy) is 2. The predicted octanol–water partition coefficient (Wildman–Crippen LogP) is 0.888. The molecule has 2 N–H and O–H groups in total. The Balaban J connectivity index is 2.84. The Bertz CT molecular complexity index is 417. The van der Waals surface area contributed by atoms with Crippen LogP contribution in [0.3, 0.4) is 0 Å². The molecule has 1 aromatic heterocycles. The first-order chi connectivity index (χ1) is 10.1. The van der Waals surface area contributed by atoms with Crippen molar-refractivity contribution < 1.29 is 14.6 Å². The van der Waals surface area contributed by atoms with Gasteiger partial charge in [-0.3, -0.25) is 0 Å². The number of hydrogen-bond acceptors (Lipinski definition) is 7. The Hall–Kier alpha value is -1.44. The zero-order valence-electron chi connectivity index (χ0n) is 13.3. The Kier molecular flexibility index (Phi) is 7.96. The lowest BCUT2D eigenvalue weighted by Crippen LogP contribution is -2.32. The van der Waals surface area contributed by atoms with Gasteiger partial charge in [0.05, 0.1) is 12.7 Å². The van der Waals surface area contributed by atoms with Gasteiger partial charge in [-0.1, -0.05) is 6.92 Å². The molecule has 1 aromatic rings. The minimum Gasteiger partial charge on any atom is -0.389 e. The molecule has 21 heavy (non-hydrogen) atoms. The number of likely N-dealkylation sites (N-methyl/N-ethyl adjacent to an activating group) is 1. The van der Waals surface area contributed by atoms with Gasteiger partial charge in [-0.2, -0.15) is 0 Å². The lowest BCUT2D eigenvalue weighted by atomic mass is 10.3. The first-order valence-electron chi connectivity index (χ1n) is 7.09. The highest BCUT2D eigenvalue weighted by molar-refractivity contribution is 5.49. The molecule has 1 atom stereocenters. The summed E-state index contributed by atoms with van der Waals surface area (Å²) in [6, 6.07) is 1.87. The molecule has 0 radical (unpaired) electrons. The fraction of sp³-hybridized carbons (Fsp3) is 0.714. The Morgan fingerprint density at radius 2 is 2.10 bits per heavy atom. The highest BCUT2D eigenvalue weighted by Crippen LogP contribution is 2.16. The van der Waals surface area contributed by atoms with Crippen LogP contribution in [0, 0.1) is 0 Å². The van der Waals surface area contributed by atoms with E-state index in [2.05, 4.69) is 22.2 Å². The number of nitrogens with one attached hydrogen (secondary N) is 1. The van der Waals surface area contributed by atoms with Crippen LogP contribution in [-0.2, 0) is 16.1 Å². The minimum absolute atomic E-state index is 0.293. The van der Waals surface area contributed by atoms with E-state index in [1.165, 1.54) is 0 Å². The van der Waals surface area contributed by atoms with Crippen LogP contribution in [0.5, 0.6) is 0 Å². The number of aliphatic hydroxyl groups excluding tert-OH is 1. The molecule has 0 amide bonds. The Labute approximate surface area is 126 Å². The lowest BCUT2D eigenvalue weighted by Gasteiger charge is -2.22. The highest BCUT2D eigenvalue weighted by Gasteiger charge is 2.12. The molecule has 1 unspecified atom stereocenters. The third-order valence-electron chi connectivity index (χ3n) is 2.82. The number of aromatic nitrogens is 2. The summed E-state index contributed by atoms with van der Waals surface area (Å²) in [5.74, 6) is 2.12. The molecule has 1 rings (SSSR count). The summed E-state index contributed by atoms with van der Waals surface area (Å²) in [6.07, 6.45) is 0.453. The van der Waals surface area contributed by atoms with Crippen molar-refractivity contribution >= 4 is 11.6 Å². The van der Waals surface area contributed by atoms with E-state index in [0.29, 0.717) is 25.6 Å². The van der Waals surface area contributed by atoms with Crippen molar-refractivity contribution in [2.24, 2.45) is 0 Å². The van der Waals surface area contributed by atoms with Crippen LogP contribution in [0.15, 0.2) is 6.07 Å². The monoisotopic (exact) mass is 298 g/mol. The zero-order valence-corrected chi connectivity index (χ0v) is 13.3. The number of nitrogens with zero attached hydrogens (tertiary/aromatic N) is 3. The lowest BCUT2D eigenvalue weighted by molar-refractivity contribution is 0.0694. The first-order valence-corrected chi connectivity index (χ1v) is 7.09. The molecule has 120 valence electrons. The molecule has 0 bridgehead atoms. The summed E-state index contributed by atoms with van der Waals surface area (Å²) in [6.45, 7) is 4.02. The Morgan fingerprint density at radius 3 is 2.71 bits per heavy atom. The van der Waals surface area contributed by atoms with Gasteiger partial charge in [0.1, 0.15) is 18.2 Å². The molecular weight excluding hydrogens is 272 g/mol. The van der Waals surface area contributed by atoms with E-state index in [1.807, 2.05) is 18.0 Å². The summed E-state index contributed by atoms with van der Waals surface area (Å²) in [5, 5.41) is 13.1. The second-order valence-electron chi connectivity index (χ2n) is 4.88. The molecule has 0 fully saturated rings. The van der Waals surface area contributed by atoms with Crippen LogP contribution in [0.25, 0.3) is 0 Å². The van der Waals surface area contributed by atoms with Crippen LogP contribution >= 0.6 is 0 Å². The average Bonchev–Trinajstić information content (AvgIpc) is 2.45. The van der Waals surface area contributed by atoms with Crippen molar-refractivity contribution in [1.29, 1.82) is 0 Å². The summed E-state index contributed by atoms with van der Waals surface area (Å²) >= 11 is 0. The number of methoxy groups -OCH3 is 2. The van der Waals surface area contributed by atoms with Crippen molar-refractivity contribution in [1.82, 2.24) is 9.97 Å². The SMILES string of the molecule is CCCNc1cc(N(C)CC(O)COC)nc(COC)n1. The average molecular weight is 298 g/mol. The quantitative estimate of drug-likeness (QED) is 0.664. The van der Waals surface area contributed by atoms with Crippen molar-refractivity contribution in [2.75, 3.05) is 51.2 Å². The summed E-state index contributed by atoms with van der Waals surface area (Å²) in [5.41, 5.74) is 0. The molecule has 0 aromatic carbocycles.